The van der Waals surface area contributed by atoms with Gasteiger partial charge in [0.2, 0.25) is 0 Å². The van der Waals surface area contributed by atoms with E-state index in [0.717, 1.165) is 19.3 Å². The molecular weight excluding hydrogens is 242 g/mol. The van der Waals surface area contributed by atoms with E-state index in [1.54, 1.807) is 12.1 Å². The van der Waals surface area contributed by atoms with Crippen molar-refractivity contribution in [3.8, 4) is 0 Å². The molecule has 102 valence electrons. The monoisotopic (exact) mass is 261 g/mol. The highest BCUT2D eigenvalue weighted by Gasteiger charge is 2.53. The molecule has 0 aliphatic carbocycles. The van der Waals surface area contributed by atoms with Gasteiger partial charge in [0.1, 0.15) is 6.10 Å². The van der Waals surface area contributed by atoms with Gasteiger partial charge in [0, 0.05) is 6.04 Å². The number of piperidine rings is 1. The Kier molecular flexibility index (Phi) is 3.07. The van der Waals surface area contributed by atoms with Gasteiger partial charge in [-0.3, -0.25) is 4.90 Å². The number of rotatable bonds is 2. The smallest absolute Gasteiger partial charge is 0.338 e. The third kappa shape index (κ3) is 2.05. The molecule has 1 N–H and O–H groups in total. The molecule has 0 aromatic heterocycles. The van der Waals surface area contributed by atoms with Crippen molar-refractivity contribution in [1.82, 2.24) is 4.90 Å². The molecule has 0 saturated carbocycles. The third-order valence-corrected chi connectivity index (χ3v) is 4.54. The van der Waals surface area contributed by atoms with Crippen molar-refractivity contribution in [3.63, 3.8) is 0 Å². The molecule has 2 saturated heterocycles. The minimum atomic E-state index is -0.979. The van der Waals surface area contributed by atoms with E-state index in [1.165, 1.54) is 0 Å². The van der Waals surface area contributed by atoms with Crippen molar-refractivity contribution in [2.24, 2.45) is 0 Å². The predicted molar refractivity (Wildman–Crippen MR) is 70.6 cm³/mol. The minimum Gasteiger partial charge on any atom is -0.454 e. The molecule has 1 unspecified atom stereocenters. The number of esters is 1. The summed E-state index contributed by atoms with van der Waals surface area (Å²) in [6.07, 6.45) is 2.95. The van der Waals surface area contributed by atoms with Crippen LogP contribution in [0, 0.1) is 0 Å². The van der Waals surface area contributed by atoms with Crippen molar-refractivity contribution in [1.29, 1.82) is 0 Å². The Morgan fingerprint density at radius 1 is 1.32 bits per heavy atom. The van der Waals surface area contributed by atoms with Crippen LogP contribution >= 0.6 is 0 Å². The van der Waals surface area contributed by atoms with Crippen LogP contribution in [0.1, 0.15) is 36.0 Å². The first-order chi connectivity index (χ1) is 9.11. The second-order valence-corrected chi connectivity index (χ2v) is 5.52. The maximum absolute atomic E-state index is 12.1. The quantitative estimate of drug-likeness (QED) is 0.825. The fourth-order valence-electron chi connectivity index (χ4n) is 3.29. The summed E-state index contributed by atoms with van der Waals surface area (Å²) in [6, 6.07) is 9.37. The highest BCUT2D eigenvalue weighted by Crippen LogP contribution is 2.42. The number of likely N-dealkylation sites (N-methyl/N-ethyl adjacent to an activating group) is 1. The fourth-order valence-corrected chi connectivity index (χ4v) is 3.29. The van der Waals surface area contributed by atoms with Crippen molar-refractivity contribution in [2.45, 2.75) is 43.6 Å². The highest BCUT2D eigenvalue weighted by molar-refractivity contribution is 5.89. The maximum atomic E-state index is 12.1. The van der Waals surface area contributed by atoms with E-state index in [9.17, 15) is 9.90 Å². The average Bonchev–Trinajstić information content (AvgIpc) is 2.62. The molecule has 2 aliphatic rings. The molecule has 3 atom stereocenters. The molecule has 2 fully saturated rings. The third-order valence-electron chi connectivity index (χ3n) is 4.54. The van der Waals surface area contributed by atoms with Crippen LogP contribution in [0.15, 0.2) is 30.3 Å². The van der Waals surface area contributed by atoms with Crippen LogP contribution in [-0.4, -0.2) is 40.9 Å². The lowest BCUT2D eigenvalue weighted by molar-refractivity contribution is -0.179. The summed E-state index contributed by atoms with van der Waals surface area (Å²) in [5.41, 5.74) is -0.443. The Morgan fingerprint density at radius 3 is 2.79 bits per heavy atom. The maximum Gasteiger partial charge on any atom is 0.338 e. The number of carbonyl (C=O) groups is 1. The summed E-state index contributed by atoms with van der Waals surface area (Å²) in [6.45, 7) is 0. The van der Waals surface area contributed by atoms with Gasteiger partial charge < -0.3 is 9.84 Å². The number of fused-ring (bicyclic) bond motifs is 2. The number of carbonyl (C=O) groups excluding carboxylic acids is 1. The van der Waals surface area contributed by atoms with E-state index in [4.69, 9.17) is 4.74 Å². The van der Waals surface area contributed by atoms with E-state index in [1.807, 2.05) is 30.1 Å². The highest BCUT2D eigenvalue weighted by atomic mass is 16.6. The Labute approximate surface area is 113 Å². The van der Waals surface area contributed by atoms with Crippen LogP contribution < -0.4 is 0 Å². The van der Waals surface area contributed by atoms with E-state index in [2.05, 4.69) is 0 Å². The zero-order valence-electron chi connectivity index (χ0n) is 11.1. The van der Waals surface area contributed by atoms with Gasteiger partial charge >= 0.3 is 5.97 Å². The first-order valence-corrected chi connectivity index (χ1v) is 6.82. The number of aliphatic hydroxyl groups is 1. The van der Waals surface area contributed by atoms with Crippen LogP contribution in [-0.2, 0) is 4.74 Å². The fraction of sp³-hybridized carbons (Fsp3) is 0.533. The lowest BCUT2D eigenvalue weighted by Gasteiger charge is -2.43. The van der Waals surface area contributed by atoms with Crippen LogP contribution in [0.25, 0.3) is 0 Å². The molecule has 4 nitrogen and oxygen atoms in total. The molecule has 1 aromatic carbocycles. The predicted octanol–water partition coefficient (Wildman–Crippen LogP) is 1.79. The molecule has 19 heavy (non-hydrogen) atoms. The van der Waals surface area contributed by atoms with E-state index < -0.39 is 11.8 Å². The van der Waals surface area contributed by atoms with Crippen LogP contribution in [0.2, 0.25) is 0 Å². The normalized spacial score (nSPS) is 34.2. The van der Waals surface area contributed by atoms with E-state index >= 15 is 0 Å². The van der Waals surface area contributed by atoms with Gasteiger partial charge in [-0.25, -0.2) is 4.79 Å². The van der Waals surface area contributed by atoms with Gasteiger partial charge in [-0.05, 0) is 44.9 Å². The van der Waals surface area contributed by atoms with Gasteiger partial charge in [0.15, 0.2) is 5.72 Å². The first kappa shape index (κ1) is 12.6. The molecule has 2 aliphatic heterocycles. The van der Waals surface area contributed by atoms with Gasteiger partial charge in [-0.2, -0.15) is 0 Å². The van der Waals surface area contributed by atoms with Crippen molar-refractivity contribution < 1.29 is 14.6 Å². The molecular formula is C15H19NO3. The van der Waals surface area contributed by atoms with Gasteiger partial charge in [0.25, 0.3) is 0 Å². The van der Waals surface area contributed by atoms with Crippen molar-refractivity contribution in [3.05, 3.63) is 35.9 Å². The number of hydrogen-bond acceptors (Lipinski definition) is 4. The Balaban J connectivity index is 1.75. The lowest BCUT2D eigenvalue weighted by atomic mass is 9.97. The number of ether oxygens (including phenoxy) is 1. The summed E-state index contributed by atoms with van der Waals surface area (Å²) in [7, 11) is 1.92. The van der Waals surface area contributed by atoms with E-state index in [0.29, 0.717) is 18.0 Å². The van der Waals surface area contributed by atoms with Crippen molar-refractivity contribution >= 4 is 5.97 Å². The van der Waals surface area contributed by atoms with Gasteiger partial charge in [0.05, 0.1) is 5.56 Å². The topological polar surface area (TPSA) is 49.8 Å². The van der Waals surface area contributed by atoms with Crippen LogP contribution in [0.5, 0.6) is 0 Å². The summed E-state index contributed by atoms with van der Waals surface area (Å²) < 4.78 is 5.55. The van der Waals surface area contributed by atoms with E-state index in [-0.39, 0.29) is 5.97 Å². The van der Waals surface area contributed by atoms with Gasteiger partial charge in [-0.1, -0.05) is 18.2 Å². The minimum absolute atomic E-state index is 0.349. The summed E-state index contributed by atoms with van der Waals surface area (Å²) in [5.74, 6) is -0.349. The molecule has 1 aromatic rings. The average molecular weight is 261 g/mol. The second kappa shape index (κ2) is 4.62. The van der Waals surface area contributed by atoms with Gasteiger partial charge in [-0.15, -0.1) is 0 Å². The summed E-state index contributed by atoms with van der Waals surface area (Å²) >= 11 is 0. The largest absolute Gasteiger partial charge is 0.454 e. The zero-order valence-corrected chi connectivity index (χ0v) is 11.1. The Hall–Kier alpha value is -1.39. The lowest BCUT2D eigenvalue weighted by Crippen LogP contribution is -2.57. The number of nitrogens with zero attached hydrogens (tertiary/aromatic N) is 1. The molecule has 2 bridgehead atoms. The molecule has 0 amide bonds. The molecule has 2 heterocycles. The molecule has 0 spiro atoms. The number of hydrogen-bond donors (Lipinski definition) is 1. The van der Waals surface area contributed by atoms with Crippen LogP contribution in [0.3, 0.4) is 0 Å². The first-order valence-electron chi connectivity index (χ1n) is 6.82. The molecule has 4 heteroatoms. The second-order valence-electron chi connectivity index (χ2n) is 5.52. The summed E-state index contributed by atoms with van der Waals surface area (Å²) in [5, 5.41) is 10.7. The summed E-state index contributed by atoms with van der Waals surface area (Å²) in [4.78, 5) is 14.1. The Bertz CT molecular complexity index is 476. The zero-order chi connectivity index (χ0) is 13.5. The Morgan fingerprint density at radius 2 is 2.05 bits per heavy atom. The van der Waals surface area contributed by atoms with Crippen molar-refractivity contribution in [2.75, 3.05) is 7.05 Å². The standard InChI is InChI=1S/C15H19NO3/c1-16-12-7-8-13(15(16,18)10-9-12)19-14(17)11-5-3-2-4-6-11/h2-6,12-13,18H,7-10H2,1H3/t12-,13?,15-/m1/s1. The molecule has 3 rings (SSSR count). The molecule has 0 radical (unpaired) electrons. The SMILES string of the molecule is CN1[C@@H]2CCC(OC(=O)c3ccccc3)[C@]1(O)CC2. The van der Waals surface area contributed by atoms with Crippen LogP contribution in [0.4, 0.5) is 0 Å². The number of benzene rings is 1.